The Hall–Kier alpha value is -1.51. The molecule has 1 heterocycles. The number of nitrogens with one attached hydrogen (secondary N) is 2. The van der Waals surface area contributed by atoms with Gasteiger partial charge in [-0.05, 0) is 12.8 Å². The molecule has 0 atom stereocenters. The van der Waals surface area contributed by atoms with E-state index in [1.54, 1.807) is 5.32 Å². The molecule has 1 saturated heterocycles. The van der Waals surface area contributed by atoms with E-state index in [1.165, 1.54) is 0 Å². The van der Waals surface area contributed by atoms with Crippen LogP contribution in [0.2, 0.25) is 0 Å². The molecule has 2 fully saturated rings. The van der Waals surface area contributed by atoms with Crippen molar-refractivity contribution in [3.05, 3.63) is 0 Å². The fourth-order valence-electron chi connectivity index (χ4n) is 2.68. The molecule has 1 saturated carbocycles. The maximum Gasteiger partial charge on any atom is 0.405 e. The van der Waals surface area contributed by atoms with Crippen molar-refractivity contribution < 1.29 is 22.8 Å². The molecule has 2 rings (SSSR count). The number of halogens is 3. The van der Waals surface area contributed by atoms with Crippen LogP contribution in [-0.2, 0) is 4.79 Å². The average Bonchev–Trinajstić information content (AvgIpc) is 2.43. The van der Waals surface area contributed by atoms with E-state index in [1.807, 2.05) is 4.90 Å². The van der Waals surface area contributed by atoms with E-state index >= 15 is 0 Å². The summed E-state index contributed by atoms with van der Waals surface area (Å²) in [5.41, 5.74) is 0. The molecule has 2 N–H and O–H groups in total. The second kappa shape index (κ2) is 7.85. The molecule has 1 aliphatic heterocycles. The summed E-state index contributed by atoms with van der Waals surface area (Å²) in [5, 5.41) is 4.16. The molecule has 0 aromatic heterocycles. The van der Waals surface area contributed by atoms with Crippen LogP contribution >= 0.6 is 0 Å². The summed E-state index contributed by atoms with van der Waals surface area (Å²) in [6.07, 6.45) is -1.27. The standard InChI is InChI=1S/C14H23F3N4O2/c15-14(16,17)10-19-13(23)18-4-5-20-6-8-21(9-7-20)12(22)11-2-1-3-11/h11H,1-10H2,(H2,18,19,23). The number of rotatable bonds is 5. The lowest BCUT2D eigenvalue weighted by Gasteiger charge is -2.38. The van der Waals surface area contributed by atoms with Crippen molar-refractivity contribution in [1.29, 1.82) is 0 Å². The summed E-state index contributed by atoms with van der Waals surface area (Å²) in [5.74, 6) is 0.459. The molecule has 0 bridgehead atoms. The van der Waals surface area contributed by atoms with E-state index in [0.717, 1.165) is 32.4 Å². The molecule has 6 nitrogen and oxygen atoms in total. The largest absolute Gasteiger partial charge is 0.405 e. The average molecular weight is 336 g/mol. The highest BCUT2D eigenvalue weighted by atomic mass is 19.4. The Morgan fingerprint density at radius 3 is 2.22 bits per heavy atom. The van der Waals surface area contributed by atoms with Gasteiger partial charge >= 0.3 is 12.2 Å². The fraction of sp³-hybridized carbons (Fsp3) is 0.857. The minimum absolute atomic E-state index is 0.209. The van der Waals surface area contributed by atoms with Gasteiger partial charge in [-0.3, -0.25) is 9.69 Å². The number of piperazine rings is 1. The van der Waals surface area contributed by atoms with Crippen LogP contribution in [-0.4, -0.2) is 73.7 Å². The summed E-state index contributed by atoms with van der Waals surface area (Å²) in [7, 11) is 0. The van der Waals surface area contributed by atoms with Crippen LogP contribution in [0.4, 0.5) is 18.0 Å². The third-order valence-electron chi connectivity index (χ3n) is 4.30. The van der Waals surface area contributed by atoms with Gasteiger partial charge in [0.25, 0.3) is 0 Å². The monoisotopic (exact) mass is 336 g/mol. The van der Waals surface area contributed by atoms with E-state index in [4.69, 9.17) is 0 Å². The van der Waals surface area contributed by atoms with E-state index in [9.17, 15) is 22.8 Å². The Morgan fingerprint density at radius 2 is 1.70 bits per heavy atom. The zero-order valence-corrected chi connectivity index (χ0v) is 13.0. The topological polar surface area (TPSA) is 64.7 Å². The molecule has 0 aromatic carbocycles. The summed E-state index contributed by atoms with van der Waals surface area (Å²) < 4.78 is 35.8. The predicted molar refractivity (Wildman–Crippen MR) is 77.8 cm³/mol. The van der Waals surface area contributed by atoms with Gasteiger partial charge in [-0.25, -0.2) is 4.79 Å². The van der Waals surface area contributed by atoms with Crippen molar-refractivity contribution in [2.75, 3.05) is 45.8 Å². The minimum atomic E-state index is -4.40. The molecule has 0 spiro atoms. The van der Waals surface area contributed by atoms with Crippen molar-refractivity contribution >= 4 is 11.9 Å². The smallest absolute Gasteiger partial charge is 0.340 e. The van der Waals surface area contributed by atoms with Crippen LogP contribution in [0.15, 0.2) is 0 Å². The first-order chi connectivity index (χ1) is 10.8. The molecule has 132 valence electrons. The lowest BCUT2D eigenvalue weighted by molar-refractivity contribution is -0.139. The number of amides is 3. The van der Waals surface area contributed by atoms with Crippen LogP contribution in [0.5, 0.6) is 0 Å². The fourth-order valence-corrected chi connectivity index (χ4v) is 2.68. The van der Waals surface area contributed by atoms with Crippen molar-refractivity contribution in [1.82, 2.24) is 20.4 Å². The summed E-state index contributed by atoms with van der Waals surface area (Å²) in [6, 6.07) is -0.818. The quantitative estimate of drug-likeness (QED) is 0.780. The summed E-state index contributed by atoms with van der Waals surface area (Å²) in [6.45, 7) is 2.31. The Kier molecular flexibility index (Phi) is 6.09. The van der Waals surface area contributed by atoms with Gasteiger partial charge in [-0.2, -0.15) is 13.2 Å². The number of alkyl halides is 3. The highest BCUT2D eigenvalue weighted by molar-refractivity contribution is 5.79. The lowest BCUT2D eigenvalue weighted by atomic mass is 9.84. The molecule has 9 heteroatoms. The van der Waals surface area contributed by atoms with Gasteiger partial charge < -0.3 is 15.5 Å². The molecular formula is C14H23F3N4O2. The molecular weight excluding hydrogens is 313 g/mol. The number of hydrogen-bond acceptors (Lipinski definition) is 3. The van der Waals surface area contributed by atoms with Gasteiger partial charge in [0, 0.05) is 45.2 Å². The number of hydrogen-bond donors (Lipinski definition) is 2. The second-order valence-electron chi connectivity index (χ2n) is 6.02. The van der Waals surface area contributed by atoms with Gasteiger partial charge in [0.05, 0.1) is 0 Å². The van der Waals surface area contributed by atoms with E-state index in [-0.39, 0.29) is 18.4 Å². The molecule has 0 radical (unpaired) electrons. The van der Waals surface area contributed by atoms with Gasteiger partial charge in [0.15, 0.2) is 0 Å². The third kappa shape index (κ3) is 5.89. The van der Waals surface area contributed by atoms with E-state index in [2.05, 4.69) is 10.2 Å². The molecule has 3 amide bonds. The number of urea groups is 1. The van der Waals surface area contributed by atoms with E-state index < -0.39 is 18.8 Å². The predicted octanol–water partition coefficient (Wildman–Crippen LogP) is 0.792. The van der Waals surface area contributed by atoms with Crippen LogP contribution in [0, 0.1) is 5.92 Å². The number of carbonyl (C=O) groups is 2. The zero-order chi connectivity index (χ0) is 16.9. The SMILES string of the molecule is O=C(NCCN1CCN(C(=O)C2CCC2)CC1)NCC(F)(F)F. The highest BCUT2D eigenvalue weighted by Gasteiger charge is 2.31. The van der Waals surface area contributed by atoms with Crippen LogP contribution in [0.25, 0.3) is 0 Å². The Bertz CT molecular complexity index is 419. The Balaban J connectivity index is 1.56. The van der Waals surface area contributed by atoms with Crippen molar-refractivity contribution in [2.24, 2.45) is 5.92 Å². The maximum absolute atomic E-state index is 12.1. The van der Waals surface area contributed by atoms with Gasteiger partial charge in [-0.15, -0.1) is 0 Å². The lowest BCUT2D eigenvalue weighted by Crippen LogP contribution is -2.52. The zero-order valence-electron chi connectivity index (χ0n) is 13.0. The van der Waals surface area contributed by atoms with Crippen molar-refractivity contribution in [3.8, 4) is 0 Å². The number of carbonyl (C=O) groups excluding carboxylic acids is 2. The van der Waals surface area contributed by atoms with Crippen molar-refractivity contribution in [2.45, 2.75) is 25.4 Å². The second-order valence-corrected chi connectivity index (χ2v) is 6.02. The molecule has 2 aliphatic rings. The van der Waals surface area contributed by atoms with Gasteiger partial charge in [0.2, 0.25) is 5.91 Å². The first-order valence-electron chi connectivity index (χ1n) is 7.95. The normalized spacial score (nSPS) is 20.0. The molecule has 23 heavy (non-hydrogen) atoms. The maximum atomic E-state index is 12.1. The molecule has 0 unspecified atom stereocenters. The van der Waals surface area contributed by atoms with Crippen LogP contribution < -0.4 is 10.6 Å². The van der Waals surface area contributed by atoms with E-state index in [0.29, 0.717) is 19.6 Å². The van der Waals surface area contributed by atoms with Crippen LogP contribution in [0.1, 0.15) is 19.3 Å². The summed E-state index contributed by atoms with van der Waals surface area (Å²) in [4.78, 5) is 27.3. The number of nitrogens with zero attached hydrogens (tertiary/aromatic N) is 2. The summed E-state index contributed by atoms with van der Waals surface area (Å²) >= 11 is 0. The van der Waals surface area contributed by atoms with Gasteiger partial charge in [-0.1, -0.05) is 6.42 Å². The minimum Gasteiger partial charge on any atom is -0.340 e. The van der Waals surface area contributed by atoms with Crippen molar-refractivity contribution in [3.63, 3.8) is 0 Å². The third-order valence-corrected chi connectivity index (χ3v) is 4.30. The first-order valence-corrected chi connectivity index (χ1v) is 7.95. The highest BCUT2D eigenvalue weighted by Crippen LogP contribution is 2.28. The first kappa shape index (κ1) is 17.8. The Morgan fingerprint density at radius 1 is 1.04 bits per heavy atom. The van der Waals surface area contributed by atoms with Gasteiger partial charge in [0.1, 0.15) is 6.54 Å². The van der Waals surface area contributed by atoms with Crippen LogP contribution in [0.3, 0.4) is 0 Å². The molecule has 1 aliphatic carbocycles. The molecule has 0 aromatic rings. The Labute approximate surface area is 133 Å².